The number of pyridine rings is 1. The van der Waals surface area contributed by atoms with Crippen LogP contribution in [-0.4, -0.2) is 20.3 Å². The molecule has 4 nitrogen and oxygen atoms in total. The minimum Gasteiger partial charge on any atom is -0.507 e. The molecule has 0 saturated carbocycles. The third-order valence-corrected chi connectivity index (χ3v) is 3.31. The minimum atomic E-state index is -0.451. The number of hydrogen-bond donors (Lipinski definition) is 3. The van der Waals surface area contributed by atoms with Crippen molar-refractivity contribution in [2.24, 2.45) is 0 Å². The molecular formula is C16H12FNO3. The fourth-order valence-corrected chi connectivity index (χ4v) is 2.24. The topological polar surface area (TPSA) is 73.6 Å². The molecule has 3 rings (SSSR count). The van der Waals surface area contributed by atoms with Gasteiger partial charge >= 0.3 is 0 Å². The average Bonchev–Trinajstić information content (AvgIpc) is 2.42. The molecule has 0 amide bonds. The molecule has 0 spiro atoms. The first-order valence-corrected chi connectivity index (χ1v) is 6.28. The van der Waals surface area contributed by atoms with E-state index >= 15 is 0 Å². The zero-order valence-corrected chi connectivity index (χ0v) is 11.1. The van der Waals surface area contributed by atoms with E-state index in [1.165, 1.54) is 24.3 Å². The van der Waals surface area contributed by atoms with Gasteiger partial charge in [-0.15, -0.1) is 0 Å². The van der Waals surface area contributed by atoms with E-state index in [-0.39, 0.29) is 33.7 Å². The fourth-order valence-electron chi connectivity index (χ4n) is 2.24. The first-order valence-electron chi connectivity index (χ1n) is 6.28. The second-order valence-electron chi connectivity index (χ2n) is 4.84. The van der Waals surface area contributed by atoms with E-state index in [4.69, 9.17) is 0 Å². The van der Waals surface area contributed by atoms with Gasteiger partial charge in [-0.05, 0) is 36.8 Å². The van der Waals surface area contributed by atoms with Crippen molar-refractivity contribution in [3.8, 4) is 28.5 Å². The number of fused-ring (bicyclic) bond motifs is 1. The van der Waals surface area contributed by atoms with Gasteiger partial charge < -0.3 is 15.3 Å². The number of halogens is 1. The van der Waals surface area contributed by atoms with Gasteiger partial charge in [-0.2, -0.15) is 0 Å². The number of rotatable bonds is 1. The normalized spacial score (nSPS) is 11.0. The Balaban J connectivity index is 2.28. The Morgan fingerprint density at radius 3 is 2.43 bits per heavy atom. The van der Waals surface area contributed by atoms with Crippen molar-refractivity contribution in [1.29, 1.82) is 0 Å². The van der Waals surface area contributed by atoms with Crippen LogP contribution in [0.15, 0.2) is 36.4 Å². The molecule has 0 bridgehead atoms. The number of nitrogens with zero attached hydrogens (tertiary/aromatic N) is 1. The number of aryl methyl sites for hydroxylation is 1. The van der Waals surface area contributed by atoms with Crippen LogP contribution in [0, 0.1) is 12.7 Å². The monoisotopic (exact) mass is 285 g/mol. The first-order chi connectivity index (χ1) is 9.97. The summed E-state index contributed by atoms with van der Waals surface area (Å²) in [6, 6.07) is 8.68. The lowest BCUT2D eigenvalue weighted by atomic mass is 10.1. The molecule has 3 N–H and O–H groups in total. The third-order valence-electron chi connectivity index (χ3n) is 3.31. The number of benzene rings is 2. The second-order valence-corrected chi connectivity index (χ2v) is 4.84. The van der Waals surface area contributed by atoms with Crippen molar-refractivity contribution >= 4 is 10.9 Å². The summed E-state index contributed by atoms with van der Waals surface area (Å²) in [7, 11) is 0. The van der Waals surface area contributed by atoms with Gasteiger partial charge in [0.1, 0.15) is 11.6 Å². The van der Waals surface area contributed by atoms with Crippen LogP contribution in [0.3, 0.4) is 0 Å². The van der Waals surface area contributed by atoms with Crippen LogP contribution in [0.25, 0.3) is 22.2 Å². The standard InChI is InChI=1S/C16H12FNO3/c1-8-2-3-9(10(17)6-8)12-7-14(20)15-11(18-12)4-5-13(19)16(15)21/h2-7,19,21H,1H3,(H,18,20). The maximum atomic E-state index is 14.0. The highest BCUT2D eigenvalue weighted by Crippen LogP contribution is 2.40. The highest BCUT2D eigenvalue weighted by molar-refractivity contribution is 5.94. The molecule has 0 unspecified atom stereocenters. The molecule has 0 aliphatic carbocycles. The predicted octanol–water partition coefficient (Wildman–Crippen LogP) is 3.47. The Labute approximate surface area is 119 Å². The Kier molecular flexibility index (Phi) is 2.90. The molecule has 0 aliphatic rings. The van der Waals surface area contributed by atoms with E-state index in [0.717, 1.165) is 5.56 Å². The molecule has 106 valence electrons. The van der Waals surface area contributed by atoms with E-state index in [0.29, 0.717) is 0 Å². The van der Waals surface area contributed by atoms with Gasteiger partial charge in [-0.1, -0.05) is 6.07 Å². The quantitative estimate of drug-likeness (QED) is 0.599. The van der Waals surface area contributed by atoms with Crippen LogP contribution in [0.5, 0.6) is 17.2 Å². The van der Waals surface area contributed by atoms with E-state index in [2.05, 4.69) is 4.98 Å². The van der Waals surface area contributed by atoms with E-state index < -0.39 is 11.6 Å². The Morgan fingerprint density at radius 2 is 1.71 bits per heavy atom. The summed E-state index contributed by atoms with van der Waals surface area (Å²) < 4.78 is 14.0. The lowest BCUT2D eigenvalue weighted by Crippen LogP contribution is -1.91. The van der Waals surface area contributed by atoms with E-state index in [9.17, 15) is 19.7 Å². The van der Waals surface area contributed by atoms with Crippen LogP contribution < -0.4 is 0 Å². The predicted molar refractivity (Wildman–Crippen MR) is 76.9 cm³/mol. The molecule has 21 heavy (non-hydrogen) atoms. The molecule has 0 fully saturated rings. The Morgan fingerprint density at radius 1 is 0.952 bits per heavy atom. The number of phenolic OH excluding ortho intramolecular Hbond substituents is 2. The van der Waals surface area contributed by atoms with Crippen molar-refractivity contribution in [3.63, 3.8) is 0 Å². The van der Waals surface area contributed by atoms with Crippen LogP contribution in [0.4, 0.5) is 4.39 Å². The van der Waals surface area contributed by atoms with Crippen molar-refractivity contribution in [2.75, 3.05) is 0 Å². The number of hydrogen-bond acceptors (Lipinski definition) is 4. The molecule has 0 saturated heterocycles. The summed E-state index contributed by atoms with van der Waals surface area (Å²) in [5.41, 5.74) is 1.55. The average molecular weight is 285 g/mol. The number of aromatic nitrogens is 1. The largest absolute Gasteiger partial charge is 0.507 e. The zero-order chi connectivity index (χ0) is 15.1. The van der Waals surface area contributed by atoms with Crippen LogP contribution in [0.1, 0.15) is 5.56 Å². The lowest BCUT2D eigenvalue weighted by molar-refractivity contribution is 0.405. The number of aromatic hydroxyl groups is 3. The summed E-state index contributed by atoms with van der Waals surface area (Å²) in [6.07, 6.45) is 0. The van der Waals surface area contributed by atoms with Crippen LogP contribution in [0.2, 0.25) is 0 Å². The summed E-state index contributed by atoms with van der Waals surface area (Å²) >= 11 is 0. The zero-order valence-electron chi connectivity index (χ0n) is 11.1. The maximum Gasteiger partial charge on any atom is 0.170 e. The summed E-state index contributed by atoms with van der Waals surface area (Å²) in [6.45, 7) is 1.78. The Bertz CT molecular complexity index is 862. The molecular weight excluding hydrogens is 273 g/mol. The van der Waals surface area contributed by atoms with Gasteiger partial charge in [-0.25, -0.2) is 9.37 Å². The summed E-state index contributed by atoms with van der Waals surface area (Å²) in [5.74, 6) is -1.52. The van der Waals surface area contributed by atoms with Crippen molar-refractivity contribution in [3.05, 3.63) is 47.8 Å². The van der Waals surface area contributed by atoms with Gasteiger partial charge in [0, 0.05) is 11.6 Å². The van der Waals surface area contributed by atoms with Gasteiger partial charge in [0.05, 0.1) is 16.6 Å². The van der Waals surface area contributed by atoms with Crippen LogP contribution >= 0.6 is 0 Å². The minimum absolute atomic E-state index is 0.0336. The fraction of sp³-hybridized carbons (Fsp3) is 0.0625. The molecule has 3 aromatic rings. The molecule has 0 radical (unpaired) electrons. The first kappa shape index (κ1) is 13.2. The summed E-state index contributed by atoms with van der Waals surface area (Å²) in [5, 5.41) is 29.3. The van der Waals surface area contributed by atoms with Gasteiger partial charge in [-0.3, -0.25) is 0 Å². The molecule has 0 aliphatic heterocycles. The Hall–Kier alpha value is -2.82. The lowest BCUT2D eigenvalue weighted by Gasteiger charge is -2.09. The highest BCUT2D eigenvalue weighted by atomic mass is 19.1. The molecule has 1 heterocycles. The third kappa shape index (κ3) is 2.12. The maximum absolute atomic E-state index is 14.0. The highest BCUT2D eigenvalue weighted by Gasteiger charge is 2.15. The molecule has 2 aromatic carbocycles. The van der Waals surface area contributed by atoms with E-state index in [1.54, 1.807) is 19.1 Å². The van der Waals surface area contributed by atoms with Crippen LogP contribution in [-0.2, 0) is 0 Å². The van der Waals surface area contributed by atoms with E-state index in [1.807, 2.05) is 0 Å². The second kappa shape index (κ2) is 4.63. The summed E-state index contributed by atoms with van der Waals surface area (Å²) in [4.78, 5) is 4.23. The van der Waals surface area contributed by atoms with Crippen molar-refractivity contribution in [2.45, 2.75) is 6.92 Å². The smallest absolute Gasteiger partial charge is 0.170 e. The number of phenols is 2. The molecule has 5 heteroatoms. The molecule has 1 aromatic heterocycles. The molecule has 0 atom stereocenters. The van der Waals surface area contributed by atoms with Crippen molar-refractivity contribution in [1.82, 2.24) is 4.98 Å². The SMILES string of the molecule is Cc1ccc(-c2cc(O)c3c(O)c(O)ccc3n2)c(F)c1. The van der Waals surface area contributed by atoms with Gasteiger partial charge in [0.15, 0.2) is 11.5 Å². The van der Waals surface area contributed by atoms with Gasteiger partial charge in [0.25, 0.3) is 0 Å². The van der Waals surface area contributed by atoms with Gasteiger partial charge in [0.2, 0.25) is 0 Å². The van der Waals surface area contributed by atoms with Crippen molar-refractivity contribution < 1.29 is 19.7 Å².